The molecule has 4 nitrogen and oxygen atoms in total. The Morgan fingerprint density at radius 1 is 1.25 bits per heavy atom. The van der Waals surface area contributed by atoms with Crippen LogP contribution in [0.5, 0.6) is 0 Å². The number of carboxylic acids is 1. The summed E-state index contributed by atoms with van der Waals surface area (Å²) < 4.78 is 0. The average Bonchev–Trinajstić information content (AvgIpc) is 2.40. The number of carboxylic acid groups (broad SMARTS) is 1. The molecule has 4 heteroatoms. The summed E-state index contributed by atoms with van der Waals surface area (Å²) in [6.45, 7) is 3.86. The van der Waals surface area contributed by atoms with E-state index >= 15 is 0 Å². The number of hydrogen-bond acceptors (Lipinski definition) is 3. The summed E-state index contributed by atoms with van der Waals surface area (Å²) in [5.74, 6) is -1.32. The van der Waals surface area contributed by atoms with Gasteiger partial charge in [0.2, 0.25) is 0 Å². The molecule has 1 aromatic rings. The van der Waals surface area contributed by atoms with Crippen LogP contribution < -0.4 is 5.73 Å². The maximum Gasteiger partial charge on any atom is 0.321 e. The minimum atomic E-state index is -1.03. The molecule has 0 radical (unpaired) electrons. The number of hydrogen-bond donors (Lipinski definition) is 2. The summed E-state index contributed by atoms with van der Waals surface area (Å²) in [5.41, 5.74) is 6.71. The standard InChI is InChI=1S/C16H23NO3/c1-3-7-13(18)10-11(2)14(15(17)16(19)20)12-8-5-4-6-9-12/h4-6,8-9,11,14-15H,3,7,10,17H2,1-2H3,(H,19,20)/t11?,14?,15-/m0/s1. The van der Waals surface area contributed by atoms with E-state index in [4.69, 9.17) is 5.73 Å². The van der Waals surface area contributed by atoms with Crippen LogP contribution in [0, 0.1) is 5.92 Å². The number of Topliss-reactive ketones (excluding diaryl/α,β-unsaturated/α-hetero) is 1. The van der Waals surface area contributed by atoms with Crippen LogP contribution in [0.3, 0.4) is 0 Å². The first-order valence-corrected chi connectivity index (χ1v) is 7.02. The van der Waals surface area contributed by atoms with Gasteiger partial charge in [-0.15, -0.1) is 0 Å². The zero-order chi connectivity index (χ0) is 15.1. The molecule has 3 atom stereocenters. The van der Waals surface area contributed by atoms with Crippen molar-refractivity contribution in [1.82, 2.24) is 0 Å². The quantitative estimate of drug-likeness (QED) is 0.765. The molecule has 0 aliphatic rings. The first-order valence-electron chi connectivity index (χ1n) is 7.02. The number of carbonyl (C=O) groups is 2. The molecule has 0 amide bonds. The summed E-state index contributed by atoms with van der Waals surface area (Å²) in [5, 5.41) is 9.19. The van der Waals surface area contributed by atoms with Crippen LogP contribution >= 0.6 is 0 Å². The van der Waals surface area contributed by atoms with Gasteiger partial charge in [0, 0.05) is 18.8 Å². The third kappa shape index (κ3) is 4.46. The van der Waals surface area contributed by atoms with E-state index in [-0.39, 0.29) is 17.6 Å². The maximum atomic E-state index is 11.8. The molecular formula is C16H23NO3. The van der Waals surface area contributed by atoms with E-state index in [1.54, 1.807) is 0 Å². The molecule has 0 saturated carbocycles. The van der Waals surface area contributed by atoms with Crippen molar-refractivity contribution in [2.24, 2.45) is 11.7 Å². The van der Waals surface area contributed by atoms with Crippen molar-refractivity contribution >= 4 is 11.8 Å². The van der Waals surface area contributed by atoms with Gasteiger partial charge >= 0.3 is 5.97 Å². The van der Waals surface area contributed by atoms with Gasteiger partial charge in [0.05, 0.1) is 0 Å². The number of carbonyl (C=O) groups excluding carboxylic acids is 1. The molecule has 0 aliphatic heterocycles. The van der Waals surface area contributed by atoms with Crippen LogP contribution in [0.2, 0.25) is 0 Å². The summed E-state index contributed by atoms with van der Waals surface area (Å²) in [6, 6.07) is 8.33. The molecule has 0 saturated heterocycles. The van der Waals surface area contributed by atoms with Gasteiger partial charge in [0.25, 0.3) is 0 Å². The first kappa shape index (κ1) is 16.4. The Balaban J connectivity index is 2.93. The lowest BCUT2D eigenvalue weighted by Gasteiger charge is -2.27. The summed E-state index contributed by atoms with van der Waals surface area (Å²) in [6.07, 6.45) is 1.72. The van der Waals surface area contributed by atoms with Gasteiger partial charge in [-0.05, 0) is 17.9 Å². The van der Waals surface area contributed by atoms with Crippen molar-refractivity contribution in [3.05, 3.63) is 35.9 Å². The average molecular weight is 277 g/mol. The number of benzene rings is 1. The maximum absolute atomic E-state index is 11.8. The molecule has 20 heavy (non-hydrogen) atoms. The molecule has 0 fully saturated rings. The number of rotatable bonds is 8. The van der Waals surface area contributed by atoms with Crippen molar-refractivity contribution < 1.29 is 14.7 Å². The van der Waals surface area contributed by atoms with E-state index in [1.165, 1.54) is 0 Å². The molecule has 0 bridgehead atoms. The normalized spacial score (nSPS) is 15.3. The van der Waals surface area contributed by atoms with Crippen molar-refractivity contribution in [3.8, 4) is 0 Å². The summed E-state index contributed by atoms with van der Waals surface area (Å²) in [7, 11) is 0. The largest absolute Gasteiger partial charge is 0.480 e. The molecule has 3 N–H and O–H groups in total. The van der Waals surface area contributed by atoms with Gasteiger partial charge in [-0.2, -0.15) is 0 Å². The lowest BCUT2D eigenvalue weighted by Crippen LogP contribution is -2.40. The highest BCUT2D eigenvalue weighted by Crippen LogP contribution is 2.30. The number of ketones is 1. The Morgan fingerprint density at radius 3 is 2.35 bits per heavy atom. The van der Waals surface area contributed by atoms with Gasteiger partial charge in [0.15, 0.2) is 0 Å². The number of aliphatic carboxylic acids is 1. The van der Waals surface area contributed by atoms with Crippen molar-refractivity contribution in [2.75, 3.05) is 0 Å². The van der Waals surface area contributed by atoms with Crippen molar-refractivity contribution in [1.29, 1.82) is 0 Å². The van der Waals surface area contributed by atoms with Crippen molar-refractivity contribution in [3.63, 3.8) is 0 Å². The first-order chi connectivity index (χ1) is 9.47. The zero-order valence-electron chi connectivity index (χ0n) is 12.1. The second-order valence-corrected chi connectivity index (χ2v) is 5.27. The van der Waals surface area contributed by atoms with Crippen LogP contribution in [0.4, 0.5) is 0 Å². The molecule has 0 aliphatic carbocycles. The van der Waals surface area contributed by atoms with Crippen LogP contribution in [0.25, 0.3) is 0 Å². The van der Waals surface area contributed by atoms with Gasteiger partial charge in [-0.1, -0.05) is 44.2 Å². The molecule has 1 aromatic carbocycles. The van der Waals surface area contributed by atoms with Gasteiger partial charge in [-0.3, -0.25) is 9.59 Å². The zero-order valence-corrected chi connectivity index (χ0v) is 12.1. The van der Waals surface area contributed by atoms with E-state index in [1.807, 2.05) is 44.2 Å². The monoisotopic (exact) mass is 277 g/mol. The van der Waals surface area contributed by atoms with E-state index in [0.717, 1.165) is 12.0 Å². The molecule has 110 valence electrons. The van der Waals surface area contributed by atoms with Crippen LogP contribution in [-0.4, -0.2) is 22.9 Å². The summed E-state index contributed by atoms with van der Waals surface area (Å²) in [4.78, 5) is 23.0. The molecule has 0 aromatic heterocycles. The fourth-order valence-electron chi connectivity index (χ4n) is 2.59. The molecule has 1 rings (SSSR count). The highest BCUT2D eigenvalue weighted by molar-refractivity contribution is 5.79. The highest BCUT2D eigenvalue weighted by atomic mass is 16.4. The predicted octanol–water partition coefficient (Wildman–Crippen LogP) is 2.58. The topological polar surface area (TPSA) is 80.4 Å². The summed E-state index contributed by atoms with van der Waals surface area (Å²) >= 11 is 0. The highest BCUT2D eigenvalue weighted by Gasteiger charge is 2.31. The van der Waals surface area contributed by atoms with E-state index in [0.29, 0.717) is 12.8 Å². The lowest BCUT2D eigenvalue weighted by molar-refractivity contribution is -0.139. The Morgan fingerprint density at radius 2 is 1.85 bits per heavy atom. The second-order valence-electron chi connectivity index (χ2n) is 5.27. The Labute approximate surface area is 120 Å². The van der Waals surface area contributed by atoms with E-state index < -0.39 is 12.0 Å². The van der Waals surface area contributed by atoms with Gasteiger partial charge in [0.1, 0.15) is 11.8 Å². The fraction of sp³-hybridized carbons (Fsp3) is 0.500. The Bertz CT molecular complexity index is 444. The fourth-order valence-corrected chi connectivity index (χ4v) is 2.59. The van der Waals surface area contributed by atoms with Crippen LogP contribution in [0.1, 0.15) is 44.6 Å². The lowest BCUT2D eigenvalue weighted by atomic mass is 9.79. The minimum Gasteiger partial charge on any atom is -0.480 e. The molecule has 0 heterocycles. The number of nitrogens with two attached hydrogens (primary N) is 1. The van der Waals surface area contributed by atoms with Crippen LogP contribution in [0.15, 0.2) is 30.3 Å². The molecule has 2 unspecified atom stereocenters. The van der Waals surface area contributed by atoms with Crippen molar-refractivity contribution in [2.45, 2.75) is 45.1 Å². The Kier molecular flexibility index (Phi) is 6.39. The van der Waals surface area contributed by atoms with Gasteiger partial charge < -0.3 is 10.8 Å². The van der Waals surface area contributed by atoms with E-state index in [9.17, 15) is 14.7 Å². The SMILES string of the molecule is CCCC(=O)CC(C)C(c1ccccc1)[C@H](N)C(=O)O. The third-order valence-electron chi connectivity index (χ3n) is 3.55. The molecular weight excluding hydrogens is 254 g/mol. The van der Waals surface area contributed by atoms with E-state index in [2.05, 4.69) is 0 Å². The van der Waals surface area contributed by atoms with Crippen LogP contribution in [-0.2, 0) is 9.59 Å². The van der Waals surface area contributed by atoms with Gasteiger partial charge in [-0.25, -0.2) is 0 Å². The predicted molar refractivity (Wildman–Crippen MR) is 78.5 cm³/mol. The third-order valence-corrected chi connectivity index (χ3v) is 3.55. The molecule has 0 spiro atoms. The second kappa shape index (κ2) is 7.80. The minimum absolute atomic E-state index is 0.0949. The smallest absolute Gasteiger partial charge is 0.321 e. The Hall–Kier alpha value is -1.68.